The van der Waals surface area contributed by atoms with Gasteiger partial charge in [-0.1, -0.05) is 12.1 Å². The van der Waals surface area contributed by atoms with E-state index in [2.05, 4.69) is 0 Å². The minimum atomic E-state index is -1.05. The van der Waals surface area contributed by atoms with Crippen LogP contribution < -0.4 is 10.3 Å². The third-order valence-electron chi connectivity index (χ3n) is 2.79. The Kier molecular flexibility index (Phi) is 4.20. The zero-order valence-electron chi connectivity index (χ0n) is 11.1. The van der Waals surface area contributed by atoms with Gasteiger partial charge in [0.2, 0.25) is 0 Å². The van der Waals surface area contributed by atoms with Gasteiger partial charge in [0.05, 0.1) is 18.7 Å². The lowest BCUT2D eigenvalue weighted by Gasteiger charge is -2.09. The predicted molar refractivity (Wildman–Crippen MR) is 74.4 cm³/mol. The van der Waals surface area contributed by atoms with Crippen molar-refractivity contribution in [2.75, 3.05) is 6.61 Å². The molecular formula is C15H15NO4. The largest absolute Gasteiger partial charge is 0.494 e. The Morgan fingerprint density at radius 2 is 2.10 bits per heavy atom. The topological polar surface area (TPSA) is 68.5 Å². The third-order valence-corrected chi connectivity index (χ3v) is 2.79. The molecule has 0 aliphatic heterocycles. The fourth-order valence-electron chi connectivity index (χ4n) is 1.88. The Hall–Kier alpha value is -2.56. The standard InChI is InChI=1S/C15H15NO4/c1-2-20-13-5-3-4-11(8-13)9-16-10-12(15(18)19)6-7-14(16)17/h3-8,10H,2,9H2,1H3,(H,18,19). The quantitative estimate of drug-likeness (QED) is 0.904. The van der Waals surface area contributed by atoms with Gasteiger partial charge in [-0.2, -0.15) is 0 Å². The van der Waals surface area contributed by atoms with E-state index in [4.69, 9.17) is 9.84 Å². The predicted octanol–water partition coefficient (Wildman–Crippen LogP) is 1.99. The summed E-state index contributed by atoms with van der Waals surface area (Å²) in [6, 6.07) is 9.94. The summed E-state index contributed by atoms with van der Waals surface area (Å²) in [6.45, 7) is 2.77. The Bertz CT molecular complexity index is 676. The van der Waals surface area contributed by atoms with Crippen LogP contribution in [0.15, 0.2) is 47.4 Å². The summed E-state index contributed by atoms with van der Waals surface area (Å²) < 4.78 is 6.76. The number of carboxylic acid groups (broad SMARTS) is 1. The van der Waals surface area contributed by atoms with Gasteiger partial charge < -0.3 is 14.4 Å². The maximum atomic E-state index is 11.7. The summed E-state index contributed by atoms with van der Waals surface area (Å²) in [5.74, 6) is -0.325. The third kappa shape index (κ3) is 3.26. The molecule has 0 aliphatic rings. The van der Waals surface area contributed by atoms with Gasteiger partial charge in [0.1, 0.15) is 5.75 Å². The second-order valence-electron chi connectivity index (χ2n) is 4.27. The average molecular weight is 273 g/mol. The highest BCUT2D eigenvalue weighted by Crippen LogP contribution is 2.14. The normalized spacial score (nSPS) is 10.2. The van der Waals surface area contributed by atoms with Gasteiger partial charge in [-0.05, 0) is 30.7 Å². The first-order chi connectivity index (χ1) is 9.60. The number of carboxylic acids is 1. The van der Waals surface area contributed by atoms with Crippen LogP contribution in [-0.4, -0.2) is 22.2 Å². The number of aromatic nitrogens is 1. The SMILES string of the molecule is CCOc1cccc(Cn2cc(C(=O)O)ccc2=O)c1. The van der Waals surface area contributed by atoms with Gasteiger partial charge in [-0.15, -0.1) is 0 Å². The number of benzene rings is 1. The molecule has 0 saturated carbocycles. The number of pyridine rings is 1. The van der Waals surface area contributed by atoms with E-state index in [0.717, 1.165) is 11.3 Å². The summed E-state index contributed by atoms with van der Waals surface area (Å²) in [5, 5.41) is 8.94. The van der Waals surface area contributed by atoms with Crippen molar-refractivity contribution in [3.8, 4) is 5.75 Å². The molecule has 1 aromatic carbocycles. The molecule has 1 N–H and O–H groups in total. The number of hydrogen-bond donors (Lipinski definition) is 1. The molecule has 0 unspecified atom stereocenters. The Balaban J connectivity index is 2.29. The number of carbonyl (C=O) groups is 1. The van der Waals surface area contributed by atoms with Crippen LogP contribution in [0, 0.1) is 0 Å². The highest BCUT2D eigenvalue weighted by Gasteiger charge is 2.06. The summed E-state index contributed by atoms with van der Waals surface area (Å²) in [6.07, 6.45) is 1.35. The van der Waals surface area contributed by atoms with Crippen LogP contribution in [0.25, 0.3) is 0 Å². The van der Waals surface area contributed by atoms with E-state index in [1.54, 1.807) is 0 Å². The first kappa shape index (κ1) is 13.9. The van der Waals surface area contributed by atoms with Crippen LogP contribution in [0.3, 0.4) is 0 Å². The van der Waals surface area contributed by atoms with Crippen molar-refractivity contribution in [2.45, 2.75) is 13.5 Å². The van der Waals surface area contributed by atoms with Crippen LogP contribution in [0.5, 0.6) is 5.75 Å². The van der Waals surface area contributed by atoms with Gasteiger partial charge in [0.15, 0.2) is 0 Å². The van der Waals surface area contributed by atoms with Crippen molar-refractivity contribution < 1.29 is 14.6 Å². The maximum Gasteiger partial charge on any atom is 0.337 e. The van der Waals surface area contributed by atoms with E-state index < -0.39 is 5.97 Å². The zero-order chi connectivity index (χ0) is 14.5. The molecule has 1 aromatic heterocycles. The minimum Gasteiger partial charge on any atom is -0.494 e. The van der Waals surface area contributed by atoms with Gasteiger partial charge in [-0.25, -0.2) is 4.79 Å². The van der Waals surface area contributed by atoms with E-state index in [1.165, 1.54) is 22.9 Å². The number of ether oxygens (including phenoxy) is 1. The van der Waals surface area contributed by atoms with Gasteiger partial charge in [-0.3, -0.25) is 4.79 Å². The van der Waals surface area contributed by atoms with Gasteiger partial charge >= 0.3 is 5.97 Å². The van der Waals surface area contributed by atoms with E-state index in [-0.39, 0.29) is 11.1 Å². The number of nitrogens with zero attached hydrogens (tertiary/aromatic N) is 1. The molecule has 0 bridgehead atoms. The fraction of sp³-hybridized carbons (Fsp3) is 0.200. The second-order valence-corrected chi connectivity index (χ2v) is 4.27. The number of hydrogen-bond acceptors (Lipinski definition) is 3. The van der Waals surface area contributed by atoms with Crippen LogP contribution in [0.2, 0.25) is 0 Å². The molecule has 2 aromatic rings. The van der Waals surface area contributed by atoms with Crippen molar-refractivity contribution in [3.05, 3.63) is 64.1 Å². The van der Waals surface area contributed by atoms with Crippen LogP contribution in [-0.2, 0) is 6.54 Å². The number of rotatable bonds is 5. The molecule has 5 heteroatoms. The Morgan fingerprint density at radius 3 is 2.80 bits per heavy atom. The number of aromatic carboxylic acids is 1. The molecule has 20 heavy (non-hydrogen) atoms. The Labute approximate surface area is 116 Å². The minimum absolute atomic E-state index is 0.0885. The summed E-state index contributed by atoms with van der Waals surface area (Å²) in [5.41, 5.74) is 0.725. The van der Waals surface area contributed by atoms with E-state index in [9.17, 15) is 9.59 Å². The monoisotopic (exact) mass is 273 g/mol. The zero-order valence-corrected chi connectivity index (χ0v) is 11.1. The van der Waals surface area contributed by atoms with Crippen LogP contribution in [0.1, 0.15) is 22.8 Å². The van der Waals surface area contributed by atoms with Crippen molar-refractivity contribution in [2.24, 2.45) is 0 Å². The molecule has 0 fully saturated rings. The van der Waals surface area contributed by atoms with E-state index in [0.29, 0.717) is 13.2 Å². The molecule has 1 heterocycles. The molecule has 104 valence electrons. The molecule has 0 spiro atoms. The van der Waals surface area contributed by atoms with E-state index >= 15 is 0 Å². The van der Waals surface area contributed by atoms with E-state index in [1.807, 2.05) is 31.2 Å². The lowest BCUT2D eigenvalue weighted by molar-refractivity contribution is 0.0696. The molecule has 0 atom stereocenters. The Morgan fingerprint density at radius 1 is 1.30 bits per heavy atom. The van der Waals surface area contributed by atoms with Crippen molar-refractivity contribution in [3.63, 3.8) is 0 Å². The lowest BCUT2D eigenvalue weighted by atomic mass is 10.2. The molecule has 5 nitrogen and oxygen atoms in total. The van der Waals surface area contributed by atoms with Gasteiger partial charge in [0, 0.05) is 12.3 Å². The van der Waals surface area contributed by atoms with Crippen molar-refractivity contribution in [1.82, 2.24) is 4.57 Å². The smallest absolute Gasteiger partial charge is 0.337 e. The summed E-state index contributed by atoms with van der Waals surface area (Å²) in [7, 11) is 0. The maximum absolute atomic E-state index is 11.7. The molecule has 0 amide bonds. The summed E-state index contributed by atoms with van der Waals surface area (Å²) in [4.78, 5) is 22.7. The first-order valence-corrected chi connectivity index (χ1v) is 6.25. The van der Waals surface area contributed by atoms with Crippen LogP contribution >= 0.6 is 0 Å². The van der Waals surface area contributed by atoms with Crippen LogP contribution in [0.4, 0.5) is 0 Å². The second kappa shape index (κ2) is 6.06. The van der Waals surface area contributed by atoms with Gasteiger partial charge in [0.25, 0.3) is 5.56 Å². The first-order valence-electron chi connectivity index (χ1n) is 6.25. The van der Waals surface area contributed by atoms with Crippen molar-refractivity contribution in [1.29, 1.82) is 0 Å². The summed E-state index contributed by atoms with van der Waals surface area (Å²) >= 11 is 0. The fourth-order valence-corrected chi connectivity index (χ4v) is 1.88. The highest BCUT2D eigenvalue weighted by molar-refractivity contribution is 5.87. The highest BCUT2D eigenvalue weighted by atomic mass is 16.5. The molecule has 0 saturated heterocycles. The molecule has 0 radical (unpaired) electrons. The lowest BCUT2D eigenvalue weighted by Crippen LogP contribution is -2.20. The average Bonchev–Trinajstić information content (AvgIpc) is 2.42. The molecule has 2 rings (SSSR count). The van der Waals surface area contributed by atoms with Crippen molar-refractivity contribution >= 4 is 5.97 Å². The molecular weight excluding hydrogens is 258 g/mol. The molecule has 0 aliphatic carbocycles.